The van der Waals surface area contributed by atoms with Gasteiger partial charge in [0.25, 0.3) is 0 Å². The fourth-order valence-electron chi connectivity index (χ4n) is 1.80. The fraction of sp³-hybridized carbons (Fsp3) is 0.667. The van der Waals surface area contributed by atoms with Crippen LogP contribution in [0, 0.1) is 5.92 Å². The number of nitrogen functional groups attached to an aromatic ring is 1. The molecule has 0 amide bonds. The van der Waals surface area contributed by atoms with E-state index < -0.39 is 0 Å². The van der Waals surface area contributed by atoms with Gasteiger partial charge in [0.2, 0.25) is 0 Å². The second-order valence-electron chi connectivity index (χ2n) is 4.70. The Balaban J connectivity index is 2.69. The number of ether oxygens (including phenoxy) is 1. The monoisotopic (exact) mass is 238 g/mol. The first-order valence-corrected chi connectivity index (χ1v) is 5.90. The molecule has 96 valence electrons. The number of hydrogen-bond acceptors (Lipinski definition) is 5. The van der Waals surface area contributed by atoms with E-state index in [2.05, 4.69) is 36.1 Å². The maximum absolute atomic E-state index is 5.72. The lowest BCUT2D eigenvalue weighted by molar-refractivity contribution is 0.178. The maximum atomic E-state index is 5.72. The fourth-order valence-corrected chi connectivity index (χ4v) is 1.80. The van der Waals surface area contributed by atoms with Crippen LogP contribution in [0.1, 0.15) is 33.0 Å². The summed E-state index contributed by atoms with van der Waals surface area (Å²) >= 11 is 0. The van der Waals surface area contributed by atoms with Gasteiger partial charge in [0, 0.05) is 19.2 Å². The molecule has 0 fully saturated rings. The van der Waals surface area contributed by atoms with E-state index in [-0.39, 0.29) is 0 Å². The number of rotatable bonds is 6. The van der Waals surface area contributed by atoms with Crippen LogP contribution >= 0.6 is 0 Å². The van der Waals surface area contributed by atoms with Crippen LogP contribution in [0.3, 0.4) is 0 Å². The van der Waals surface area contributed by atoms with E-state index in [9.17, 15) is 0 Å². The first kappa shape index (κ1) is 13.7. The number of aromatic nitrogens is 2. The van der Waals surface area contributed by atoms with Crippen LogP contribution in [0.25, 0.3) is 0 Å². The van der Waals surface area contributed by atoms with Crippen LogP contribution in [-0.2, 0) is 11.3 Å². The van der Waals surface area contributed by atoms with Gasteiger partial charge in [-0.3, -0.25) is 0 Å². The van der Waals surface area contributed by atoms with Gasteiger partial charge in [0.15, 0.2) is 5.82 Å². The third-order valence-corrected chi connectivity index (χ3v) is 2.28. The van der Waals surface area contributed by atoms with Crippen LogP contribution in [0.15, 0.2) is 6.07 Å². The molecule has 0 spiro atoms. The van der Waals surface area contributed by atoms with Crippen molar-refractivity contribution >= 4 is 11.6 Å². The smallest absolute Gasteiger partial charge is 0.158 e. The lowest BCUT2D eigenvalue weighted by Crippen LogP contribution is -2.19. The Labute approximate surface area is 103 Å². The molecule has 0 aliphatic carbocycles. The van der Waals surface area contributed by atoms with Gasteiger partial charge >= 0.3 is 0 Å². The minimum absolute atomic E-state index is 0.361. The quantitative estimate of drug-likeness (QED) is 0.793. The molecule has 1 aromatic rings. The predicted octanol–water partition coefficient (Wildman–Crippen LogP) is 2.05. The molecule has 5 nitrogen and oxygen atoms in total. The topological polar surface area (TPSA) is 73.1 Å². The predicted molar refractivity (Wildman–Crippen MR) is 69.7 cm³/mol. The molecule has 0 bridgehead atoms. The molecule has 0 aliphatic heterocycles. The molecule has 1 unspecified atom stereocenters. The summed E-state index contributed by atoms with van der Waals surface area (Å²) in [5, 5.41) is 3.33. The summed E-state index contributed by atoms with van der Waals surface area (Å²) in [5.74, 6) is 2.48. The van der Waals surface area contributed by atoms with Crippen molar-refractivity contribution < 1.29 is 4.74 Å². The Bertz CT molecular complexity index is 354. The highest BCUT2D eigenvalue weighted by molar-refractivity contribution is 5.45. The summed E-state index contributed by atoms with van der Waals surface area (Å²) < 4.78 is 5.00. The van der Waals surface area contributed by atoms with Crippen LogP contribution < -0.4 is 11.1 Å². The normalized spacial score (nSPS) is 12.8. The van der Waals surface area contributed by atoms with Gasteiger partial charge in [-0.25, -0.2) is 9.97 Å². The zero-order chi connectivity index (χ0) is 12.8. The Morgan fingerprint density at radius 3 is 2.65 bits per heavy atom. The van der Waals surface area contributed by atoms with Gasteiger partial charge in [-0.05, 0) is 19.3 Å². The first-order chi connectivity index (χ1) is 8.01. The molecule has 5 heteroatoms. The Kier molecular flexibility index (Phi) is 5.15. The van der Waals surface area contributed by atoms with Gasteiger partial charge in [-0.1, -0.05) is 13.8 Å². The molecular weight excluding hydrogens is 216 g/mol. The van der Waals surface area contributed by atoms with E-state index >= 15 is 0 Å². The molecule has 1 aromatic heterocycles. The van der Waals surface area contributed by atoms with Crippen molar-refractivity contribution in [2.24, 2.45) is 5.92 Å². The van der Waals surface area contributed by atoms with Crippen molar-refractivity contribution in [1.82, 2.24) is 9.97 Å². The number of hydrogen-bond donors (Lipinski definition) is 2. The van der Waals surface area contributed by atoms with Crippen LogP contribution in [-0.4, -0.2) is 23.1 Å². The highest BCUT2D eigenvalue weighted by Crippen LogP contribution is 2.13. The second-order valence-corrected chi connectivity index (χ2v) is 4.70. The second kappa shape index (κ2) is 6.39. The van der Waals surface area contributed by atoms with Gasteiger partial charge < -0.3 is 15.8 Å². The Morgan fingerprint density at radius 2 is 2.06 bits per heavy atom. The lowest BCUT2D eigenvalue weighted by atomic mass is 10.1. The van der Waals surface area contributed by atoms with Crippen LogP contribution in [0.5, 0.6) is 0 Å². The first-order valence-electron chi connectivity index (χ1n) is 5.90. The van der Waals surface area contributed by atoms with Crippen molar-refractivity contribution in [3.63, 3.8) is 0 Å². The third-order valence-electron chi connectivity index (χ3n) is 2.28. The zero-order valence-electron chi connectivity index (χ0n) is 11.0. The summed E-state index contributed by atoms with van der Waals surface area (Å²) in [6.07, 6.45) is 1.09. The molecule has 0 saturated heterocycles. The van der Waals surface area contributed by atoms with Crippen LogP contribution in [0.2, 0.25) is 0 Å². The van der Waals surface area contributed by atoms with E-state index in [1.807, 2.05) is 0 Å². The maximum Gasteiger partial charge on any atom is 0.158 e. The summed E-state index contributed by atoms with van der Waals surface area (Å²) in [7, 11) is 1.61. The summed E-state index contributed by atoms with van der Waals surface area (Å²) in [4.78, 5) is 8.44. The number of nitrogens with two attached hydrogens (primary N) is 1. The van der Waals surface area contributed by atoms with Crippen LogP contribution in [0.4, 0.5) is 11.6 Å². The van der Waals surface area contributed by atoms with Gasteiger partial charge in [-0.2, -0.15) is 0 Å². The van der Waals surface area contributed by atoms with E-state index in [0.29, 0.717) is 30.2 Å². The molecule has 17 heavy (non-hydrogen) atoms. The minimum atomic E-state index is 0.361. The van der Waals surface area contributed by atoms with Gasteiger partial charge in [0.1, 0.15) is 18.2 Å². The van der Waals surface area contributed by atoms with E-state index in [1.165, 1.54) is 0 Å². The molecule has 0 radical (unpaired) electrons. The van der Waals surface area contributed by atoms with E-state index in [1.54, 1.807) is 13.2 Å². The van der Waals surface area contributed by atoms with E-state index in [4.69, 9.17) is 10.5 Å². The summed E-state index contributed by atoms with van der Waals surface area (Å²) in [6.45, 7) is 6.90. The number of methoxy groups -OCH3 is 1. The third kappa shape index (κ3) is 4.99. The number of anilines is 2. The standard InChI is InChI=1S/C12H22N4O/c1-8(2)5-9(3)14-11-6-10(13)15-12(16-11)7-17-4/h6,8-9H,5,7H2,1-4H3,(H3,13,14,15,16). The summed E-state index contributed by atoms with van der Waals surface area (Å²) in [5.41, 5.74) is 5.72. The highest BCUT2D eigenvalue weighted by Gasteiger charge is 2.07. The molecule has 0 saturated carbocycles. The Hall–Kier alpha value is -1.36. The van der Waals surface area contributed by atoms with Crippen molar-refractivity contribution in [2.75, 3.05) is 18.2 Å². The van der Waals surface area contributed by atoms with Gasteiger partial charge in [0.05, 0.1) is 0 Å². The average Bonchev–Trinajstić information content (AvgIpc) is 2.14. The zero-order valence-corrected chi connectivity index (χ0v) is 11.0. The molecule has 1 heterocycles. The Morgan fingerprint density at radius 1 is 1.35 bits per heavy atom. The largest absolute Gasteiger partial charge is 0.384 e. The minimum Gasteiger partial charge on any atom is -0.384 e. The molecular formula is C12H22N4O. The van der Waals surface area contributed by atoms with Crippen molar-refractivity contribution in [3.05, 3.63) is 11.9 Å². The van der Waals surface area contributed by atoms with E-state index in [0.717, 1.165) is 12.2 Å². The number of nitrogens with one attached hydrogen (secondary N) is 1. The SMILES string of the molecule is COCc1nc(N)cc(NC(C)CC(C)C)n1. The molecule has 1 rings (SSSR count). The number of nitrogens with zero attached hydrogens (tertiary/aromatic N) is 2. The van der Waals surface area contributed by atoms with Crippen molar-refractivity contribution in [3.8, 4) is 0 Å². The molecule has 1 atom stereocenters. The highest BCUT2D eigenvalue weighted by atomic mass is 16.5. The van der Waals surface area contributed by atoms with Crippen molar-refractivity contribution in [2.45, 2.75) is 39.8 Å². The van der Waals surface area contributed by atoms with Crippen molar-refractivity contribution in [1.29, 1.82) is 0 Å². The molecule has 0 aromatic carbocycles. The van der Waals surface area contributed by atoms with Gasteiger partial charge in [-0.15, -0.1) is 0 Å². The molecule has 0 aliphatic rings. The molecule has 3 N–H and O–H groups in total. The average molecular weight is 238 g/mol. The summed E-state index contributed by atoms with van der Waals surface area (Å²) in [6, 6.07) is 2.11. The lowest BCUT2D eigenvalue weighted by Gasteiger charge is -2.17.